The Kier molecular flexibility index (Phi) is 9.57. The first-order chi connectivity index (χ1) is 20.4. The van der Waals surface area contributed by atoms with Gasteiger partial charge >= 0.3 is 0 Å². The summed E-state index contributed by atoms with van der Waals surface area (Å²) in [5.74, 6) is -0.379. The molecule has 2 fully saturated rings. The SMILES string of the molecule is O=C(NC1CCC(CC2CCC(NC(=O)c3ccc([N+](=O)[O-])cc3[N+](=O)[O-])CC2)CC1)c1ccc([N+](=O)[O-])cc1[N+](=O)[O-]. The van der Waals surface area contributed by atoms with E-state index >= 15 is 0 Å². The first-order valence-corrected chi connectivity index (χ1v) is 13.9. The number of nitro benzene ring substituents is 4. The Labute approximate surface area is 244 Å². The highest BCUT2D eigenvalue weighted by Gasteiger charge is 2.31. The summed E-state index contributed by atoms with van der Waals surface area (Å²) in [5, 5.41) is 50.3. The van der Waals surface area contributed by atoms with Gasteiger partial charge in [-0.25, -0.2) is 0 Å². The highest BCUT2D eigenvalue weighted by Crippen LogP contribution is 2.36. The van der Waals surface area contributed by atoms with Crippen LogP contribution >= 0.6 is 0 Å². The highest BCUT2D eigenvalue weighted by molar-refractivity contribution is 5.99. The van der Waals surface area contributed by atoms with Gasteiger partial charge in [0, 0.05) is 24.2 Å². The Balaban J connectivity index is 1.23. The first-order valence-electron chi connectivity index (χ1n) is 13.9. The first kappa shape index (κ1) is 30.9. The van der Waals surface area contributed by atoms with Crippen molar-refractivity contribution in [1.29, 1.82) is 0 Å². The number of nitrogens with one attached hydrogen (secondary N) is 2. The van der Waals surface area contributed by atoms with Crippen molar-refractivity contribution in [1.82, 2.24) is 10.6 Å². The highest BCUT2D eigenvalue weighted by atomic mass is 16.6. The van der Waals surface area contributed by atoms with Crippen LogP contribution in [-0.2, 0) is 0 Å². The van der Waals surface area contributed by atoms with Crippen LogP contribution in [0.25, 0.3) is 0 Å². The minimum Gasteiger partial charge on any atom is -0.349 e. The van der Waals surface area contributed by atoms with Gasteiger partial charge in [0.1, 0.15) is 11.1 Å². The molecule has 0 spiro atoms. The minimum atomic E-state index is -0.807. The molecule has 0 heterocycles. The largest absolute Gasteiger partial charge is 0.349 e. The predicted octanol–water partition coefficient (Wildman–Crippen LogP) is 4.99. The molecule has 0 radical (unpaired) electrons. The molecule has 0 unspecified atom stereocenters. The summed E-state index contributed by atoms with van der Waals surface area (Å²) in [7, 11) is 0. The van der Waals surface area contributed by atoms with Gasteiger partial charge in [-0.15, -0.1) is 0 Å². The lowest BCUT2D eigenvalue weighted by Gasteiger charge is -2.34. The number of nitrogens with zero attached hydrogens (tertiary/aromatic N) is 4. The summed E-state index contributed by atoms with van der Waals surface area (Å²) in [6.45, 7) is 0. The van der Waals surface area contributed by atoms with Gasteiger partial charge in [0.2, 0.25) is 0 Å². The van der Waals surface area contributed by atoms with Crippen LogP contribution in [0.5, 0.6) is 0 Å². The van der Waals surface area contributed by atoms with Gasteiger partial charge in [0.05, 0.1) is 31.8 Å². The third-order valence-electron chi connectivity index (χ3n) is 8.30. The molecule has 2 aromatic rings. The summed E-state index contributed by atoms with van der Waals surface area (Å²) < 4.78 is 0. The fraction of sp³-hybridized carbons (Fsp3) is 0.481. The van der Waals surface area contributed by atoms with Crippen molar-refractivity contribution in [3.8, 4) is 0 Å². The normalized spacial score (nSPS) is 21.8. The lowest BCUT2D eigenvalue weighted by atomic mass is 9.75. The van der Waals surface area contributed by atoms with Gasteiger partial charge in [-0.2, -0.15) is 0 Å². The second-order valence-corrected chi connectivity index (χ2v) is 11.0. The van der Waals surface area contributed by atoms with Crippen molar-refractivity contribution in [3.05, 3.63) is 88.0 Å². The quantitative estimate of drug-likeness (QED) is 0.275. The average Bonchev–Trinajstić information content (AvgIpc) is 2.98. The topological polar surface area (TPSA) is 231 Å². The molecule has 16 nitrogen and oxygen atoms in total. The molecule has 0 bridgehead atoms. The number of amides is 2. The standard InChI is InChI=1S/C27H30N6O10/c34-26(22-11-9-20(30(36)37)14-24(22)32(40)41)28-18-5-1-16(2-6-18)13-17-3-7-19(8-4-17)29-27(35)23-12-10-21(31(38)39)15-25(23)33(42)43/h9-12,14-19H,1-8,13H2,(H,28,34)(H,29,35). The molecular weight excluding hydrogens is 568 g/mol. The van der Waals surface area contributed by atoms with Crippen LogP contribution in [0.2, 0.25) is 0 Å². The third kappa shape index (κ3) is 7.64. The third-order valence-corrected chi connectivity index (χ3v) is 8.30. The van der Waals surface area contributed by atoms with Crippen molar-refractivity contribution in [2.45, 2.75) is 69.9 Å². The van der Waals surface area contributed by atoms with Crippen LogP contribution < -0.4 is 10.6 Å². The molecule has 0 aromatic heterocycles. The Bertz CT molecular complexity index is 1340. The smallest absolute Gasteiger partial charge is 0.289 e. The zero-order valence-electron chi connectivity index (χ0n) is 23.0. The Morgan fingerprint density at radius 1 is 0.581 bits per heavy atom. The summed E-state index contributed by atoms with van der Waals surface area (Å²) in [6, 6.07) is 5.58. The van der Waals surface area contributed by atoms with E-state index in [1.807, 2.05) is 0 Å². The fourth-order valence-corrected chi connectivity index (χ4v) is 6.04. The number of benzene rings is 2. The van der Waals surface area contributed by atoms with Gasteiger partial charge in [-0.05, 0) is 81.8 Å². The monoisotopic (exact) mass is 598 g/mol. The summed E-state index contributed by atoms with van der Waals surface area (Å²) >= 11 is 0. The molecule has 0 aliphatic heterocycles. The summed E-state index contributed by atoms with van der Waals surface area (Å²) in [5.41, 5.74) is -2.59. The van der Waals surface area contributed by atoms with E-state index in [1.54, 1.807) is 0 Å². The second kappa shape index (κ2) is 13.3. The molecular formula is C27H30N6O10. The van der Waals surface area contributed by atoms with Crippen molar-refractivity contribution in [2.75, 3.05) is 0 Å². The maximum Gasteiger partial charge on any atom is 0.289 e. The number of carbonyl (C=O) groups is 2. The van der Waals surface area contributed by atoms with Crippen LogP contribution in [0.15, 0.2) is 36.4 Å². The molecule has 2 N–H and O–H groups in total. The average molecular weight is 599 g/mol. The van der Waals surface area contributed by atoms with E-state index in [2.05, 4.69) is 10.6 Å². The van der Waals surface area contributed by atoms with E-state index in [1.165, 1.54) is 0 Å². The molecule has 0 atom stereocenters. The molecule has 2 aliphatic rings. The Hall–Kier alpha value is -5.02. The van der Waals surface area contributed by atoms with Crippen molar-refractivity contribution < 1.29 is 29.3 Å². The summed E-state index contributed by atoms with van der Waals surface area (Å²) in [4.78, 5) is 67.0. The number of hydrogen-bond acceptors (Lipinski definition) is 10. The molecule has 2 saturated carbocycles. The van der Waals surface area contributed by atoms with Crippen molar-refractivity contribution in [2.24, 2.45) is 11.8 Å². The van der Waals surface area contributed by atoms with Crippen LogP contribution in [-0.4, -0.2) is 43.6 Å². The van der Waals surface area contributed by atoms with Gasteiger partial charge in [-0.1, -0.05) is 0 Å². The second-order valence-electron chi connectivity index (χ2n) is 11.0. The van der Waals surface area contributed by atoms with Crippen molar-refractivity contribution >= 4 is 34.6 Å². The molecule has 0 saturated heterocycles. The molecule has 2 aromatic carbocycles. The number of hydrogen-bond donors (Lipinski definition) is 2. The van der Waals surface area contributed by atoms with E-state index < -0.39 is 54.3 Å². The molecule has 228 valence electrons. The van der Waals surface area contributed by atoms with Crippen molar-refractivity contribution in [3.63, 3.8) is 0 Å². The number of nitro groups is 4. The van der Waals surface area contributed by atoms with E-state index in [0.717, 1.165) is 68.5 Å². The van der Waals surface area contributed by atoms with Crippen LogP contribution in [0.3, 0.4) is 0 Å². The number of carbonyl (C=O) groups excluding carboxylic acids is 2. The van der Waals surface area contributed by atoms with Crippen LogP contribution in [0.4, 0.5) is 22.7 Å². The maximum absolute atomic E-state index is 12.7. The molecule has 43 heavy (non-hydrogen) atoms. The van der Waals surface area contributed by atoms with E-state index in [-0.39, 0.29) is 23.2 Å². The van der Waals surface area contributed by atoms with Gasteiger partial charge in [0.25, 0.3) is 34.6 Å². The Morgan fingerprint density at radius 2 is 0.930 bits per heavy atom. The lowest BCUT2D eigenvalue weighted by molar-refractivity contribution is -0.394. The maximum atomic E-state index is 12.7. The fourth-order valence-electron chi connectivity index (χ4n) is 6.04. The number of rotatable bonds is 10. The zero-order valence-corrected chi connectivity index (χ0v) is 23.0. The van der Waals surface area contributed by atoms with Gasteiger partial charge in [0.15, 0.2) is 0 Å². The molecule has 16 heteroatoms. The molecule has 2 aliphatic carbocycles. The van der Waals surface area contributed by atoms with E-state index in [9.17, 15) is 50.0 Å². The van der Waals surface area contributed by atoms with Crippen LogP contribution in [0.1, 0.15) is 78.5 Å². The van der Waals surface area contributed by atoms with Gasteiger partial charge < -0.3 is 10.6 Å². The zero-order chi connectivity index (χ0) is 31.3. The minimum absolute atomic E-state index is 0.159. The molecule has 4 rings (SSSR count). The predicted molar refractivity (Wildman–Crippen MR) is 151 cm³/mol. The van der Waals surface area contributed by atoms with Gasteiger partial charge in [-0.3, -0.25) is 50.0 Å². The molecule has 2 amide bonds. The number of non-ortho nitro benzene ring substituents is 2. The van der Waals surface area contributed by atoms with E-state index in [4.69, 9.17) is 0 Å². The Morgan fingerprint density at radius 3 is 1.23 bits per heavy atom. The summed E-state index contributed by atoms with van der Waals surface area (Å²) in [6.07, 6.45) is 7.28. The van der Waals surface area contributed by atoms with Crippen LogP contribution in [0, 0.1) is 52.3 Å². The van der Waals surface area contributed by atoms with E-state index in [0.29, 0.717) is 37.5 Å². The lowest BCUT2D eigenvalue weighted by Crippen LogP contribution is -2.39.